The molecule has 0 aliphatic rings. The molecule has 0 radical (unpaired) electrons. The maximum atomic E-state index is 5.69. The number of ether oxygens (including phenoxy) is 1. The van der Waals surface area contributed by atoms with Crippen molar-refractivity contribution in [2.75, 3.05) is 6.61 Å². The van der Waals surface area contributed by atoms with Gasteiger partial charge >= 0.3 is 0 Å². The summed E-state index contributed by atoms with van der Waals surface area (Å²) in [7, 11) is 0. The lowest BCUT2D eigenvalue weighted by Gasteiger charge is -2.08. The molecule has 2 aromatic rings. The fourth-order valence-corrected chi connectivity index (χ4v) is 2.62. The molecule has 0 aromatic carbocycles. The number of fused-ring (bicyclic) bond motifs is 1. The van der Waals surface area contributed by atoms with Crippen LogP contribution in [0.4, 0.5) is 0 Å². The highest BCUT2D eigenvalue weighted by atomic mass is 16.5. The topological polar surface area (TPSA) is 26.5 Å². The standard InChI is InChI=1S/C16H24N2O/c1-6-14-13(8-11(3)4)9-15-16(19-7-2)17-12(5)10-18(14)15/h9-11H,6-8H2,1-5H3. The Morgan fingerprint density at radius 3 is 2.63 bits per heavy atom. The summed E-state index contributed by atoms with van der Waals surface area (Å²) in [4.78, 5) is 4.52. The number of aromatic nitrogens is 2. The van der Waals surface area contributed by atoms with Crippen molar-refractivity contribution >= 4 is 5.52 Å². The normalized spacial score (nSPS) is 11.5. The quantitative estimate of drug-likeness (QED) is 0.817. The largest absolute Gasteiger partial charge is 0.476 e. The number of nitrogens with zero attached hydrogens (tertiary/aromatic N) is 2. The van der Waals surface area contributed by atoms with Crippen LogP contribution < -0.4 is 4.74 Å². The maximum absolute atomic E-state index is 5.69. The highest BCUT2D eigenvalue weighted by Crippen LogP contribution is 2.26. The predicted octanol–water partition coefficient (Wildman–Crippen LogP) is 3.80. The van der Waals surface area contributed by atoms with Crippen LogP contribution in [-0.2, 0) is 12.8 Å². The zero-order valence-electron chi connectivity index (χ0n) is 12.7. The van der Waals surface area contributed by atoms with Crippen LogP contribution in [-0.4, -0.2) is 16.0 Å². The van der Waals surface area contributed by atoms with Crippen LogP contribution in [0.15, 0.2) is 12.3 Å². The van der Waals surface area contributed by atoms with E-state index in [-0.39, 0.29) is 0 Å². The highest BCUT2D eigenvalue weighted by Gasteiger charge is 2.14. The van der Waals surface area contributed by atoms with Gasteiger partial charge in [0.05, 0.1) is 12.3 Å². The van der Waals surface area contributed by atoms with Crippen LogP contribution in [0, 0.1) is 12.8 Å². The second-order valence-corrected chi connectivity index (χ2v) is 5.44. The van der Waals surface area contributed by atoms with Crippen molar-refractivity contribution in [3.05, 3.63) is 29.2 Å². The van der Waals surface area contributed by atoms with E-state index in [4.69, 9.17) is 4.74 Å². The van der Waals surface area contributed by atoms with E-state index in [9.17, 15) is 0 Å². The van der Waals surface area contributed by atoms with E-state index in [2.05, 4.69) is 42.4 Å². The fourth-order valence-electron chi connectivity index (χ4n) is 2.62. The molecule has 2 heterocycles. The molecule has 2 aromatic heterocycles. The summed E-state index contributed by atoms with van der Waals surface area (Å²) in [5, 5.41) is 0. The summed E-state index contributed by atoms with van der Waals surface area (Å²) in [6.45, 7) is 11.4. The Morgan fingerprint density at radius 2 is 2.05 bits per heavy atom. The minimum Gasteiger partial charge on any atom is -0.476 e. The molecule has 0 saturated heterocycles. The zero-order valence-corrected chi connectivity index (χ0v) is 12.7. The molecule has 0 N–H and O–H groups in total. The number of aryl methyl sites for hydroxylation is 2. The van der Waals surface area contributed by atoms with Gasteiger partial charge in [0.2, 0.25) is 5.88 Å². The summed E-state index contributed by atoms with van der Waals surface area (Å²) in [6.07, 6.45) is 4.25. The van der Waals surface area contributed by atoms with Crippen LogP contribution in [0.2, 0.25) is 0 Å². The summed E-state index contributed by atoms with van der Waals surface area (Å²) in [5.41, 5.74) is 4.90. The van der Waals surface area contributed by atoms with Gasteiger partial charge in [-0.25, -0.2) is 4.98 Å². The Kier molecular flexibility index (Phi) is 4.13. The summed E-state index contributed by atoms with van der Waals surface area (Å²) >= 11 is 0. The van der Waals surface area contributed by atoms with E-state index >= 15 is 0 Å². The lowest BCUT2D eigenvalue weighted by atomic mass is 10.0. The van der Waals surface area contributed by atoms with Crippen LogP contribution in [0.3, 0.4) is 0 Å². The van der Waals surface area contributed by atoms with Crippen molar-refractivity contribution in [2.24, 2.45) is 5.92 Å². The van der Waals surface area contributed by atoms with Gasteiger partial charge in [-0.15, -0.1) is 0 Å². The van der Waals surface area contributed by atoms with Gasteiger partial charge in [-0.05, 0) is 44.2 Å². The van der Waals surface area contributed by atoms with Crippen LogP contribution in [0.25, 0.3) is 5.52 Å². The SMILES string of the molecule is CCOc1nc(C)cn2c(CC)c(CC(C)C)cc12. The lowest BCUT2D eigenvalue weighted by Crippen LogP contribution is -2.02. The lowest BCUT2D eigenvalue weighted by molar-refractivity contribution is 0.329. The highest BCUT2D eigenvalue weighted by molar-refractivity contribution is 5.61. The average Bonchev–Trinajstić information content (AvgIpc) is 2.66. The van der Waals surface area contributed by atoms with E-state index in [1.165, 1.54) is 11.3 Å². The number of rotatable bonds is 5. The molecule has 0 atom stereocenters. The van der Waals surface area contributed by atoms with Gasteiger partial charge in [-0.1, -0.05) is 20.8 Å². The van der Waals surface area contributed by atoms with Crippen molar-refractivity contribution < 1.29 is 4.74 Å². The second-order valence-electron chi connectivity index (χ2n) is 5.44. The average molecular weight is 260 g/mol. The molecule has 0 bridgehead atoms. The first-order chi connectivity index (χ1) is 9.06. The molecular formula is C16H24N2O. The molecule has 0 fully saturated rings. The van der Waals surface area contributed by atoms with E-state index in [1.54, 1.807) is 0 Å². The van der Waals surface area contributed by atoms with Gasteiger partial charge in [0.25, 0.3) is 0 Å². The molecule has 2 rings (SSSR count). The summed E-state index contributed by atoms with van der Waals surface area (Å²) in [6, 6.07) is 2.25. The molecule has 0 saturated carbocycles. The Hall–Kier alpha value is -1.51. The first-order valence-corrected chi connectivity index (χ1v) is 7.20. The third kappa shape index (κ3) is 2.75. The molecule has 3 heteroatoms. The molecule has 0 amide bonds. The molecule has 0 aliphatic carbocycles. The molecule has 19 heavy (non-hydrogen) atoms. The summed E-state index contributed by atoms with van der Waals surface area (Å²) < 4.78 is 7.94. The molecule has 3 nitrogen and oxygen atoms in total. The monoisotopic (exact) mass is 260 g/mol. The fraction of sp³-hybridized carbons (Fsp3) is 0.562. The van der Waals surface area contributed by atoms with Gasteiger partial charge < -0.3 is 9.14 Å². The maximum Gasteiger partial charge on any atom is 0.238 e. The van der Waals surface area contributed by atoms with Crippen molar-refractivity contribution in [3.8, 4) is 5.88 Å². The second kappa shape index (κ2) is 5.64. The van der Waals surface area contributed by atoms with Gasteiger partial charge in [-0.2, -0.15) is 0 Å². The molecule has 104 valence electrons. The molecular weight excluding hydrogens is 236 g/mol. The van der Waals surface area contributed by atoms with Crippen LogP contribution in [0.5, 0.6) is 5.88 Å². The van der Waals surface area contributed by atoms with Crippen molar-refractivity contribution in [3.63, 3.8) is 0 Å². The number of hydrogen-bond donors (Lipinski definition) is 0. The van der Waals surface area contributed by atoms with Crippen molar-refractivity contribution in [1.29, 1.82) is 0 Å². The smallest absolute Gasteiger partial charge is 0.238 e. The molecule has 0 aliphatic heterocycles. The van der Waals surface area contributed by atoms with E-state index in [0.29, 0.717) is 12.5 Å². The van der Waals surface area contributed by atoms with E-state index in [0.717, 1.165) is 29.9 Å². The Balaban J connectivity index is 2.63. The zero-order chi connectivity index (χ0) is 14.0. The molecule has 0 spiro atoms. The summed E-state index contributed by atoms with van der Waals surface area (Å²) in [5.74, 6) is 1.42. The van der Waals surface area contributed by atoms with Crippen LogP contribution >= 0.6 is 0 Å². The third-order valence-corrected chi connectivity index (χ3v) is 3.29. The van der Waals surface area contributed by atoms with Gasteiger partial charge in [0.1, 0.15) is 5.52 Å². The Morgan fingerprint density at radius 1 is 1.32 bits per heavy atom. The minimum absolute atomic E-state index is 0.651. The number of hydrogen-bond acceptors (Lipinski definition) is 2. The minimum atomic E-state index is 0.651. The van der Waals surface area contributed by atoms with Gasteiger partial charge in [-0.3, -0.25) is 0 Å². The third-order valence-electron chi connectivity index (χ3n) is 3.29. The predicted molar refractivity (Wildman–Crippen MR) is 79.0 cm³/mol. The Bertz CT molecular complexity index is 570. The first kappa shape index (κ1) is 13.9. The van der Waals surface area contributed by atoms with E-state index < -0.39 is 0 Å². The van der Waals surface area contributed by atoms with Crippen molar-refractivity contribution in [2.45, 2.75) is 47.5 Å². The van der Waals surface area contributed by atoms with Gasteiger partial charge in [0.15, 0.2) is 0 Å². The molecule has 0 unspecified atom stereocenters. The van der Waals surface area contributed by atoms with E-state index in [1.807, 2.05) is 13.8 Å². The Labute approximate surface area is 115 Å². The van der Waals surface area contributed by atoms with Gasteiger partial charge in [0, 0.05) is 11.9 Å². The van der Waals surface area contributed by atoms with Crippen LogP contribution in [0.1, 0.15) is 44.6 Å². The first-order valence-electron chi connectivity index (χ1n) is 7.20. The van der Waals surface area contributed by atoms with Crippen molar-refractivity contribution in [1.82, 2.24) is 9.38 Å².